The summed E-state index contributed by atoms with van der Waals surface area (Å²) in [5.74, 6) is -0.564. The van der Waals surface area contributed by atoms with E-state index in [2.05, 4.69) is 20.7 Å². The van der Waals surface area contributed by atoms with Crippen molar-refractivity contribution >= 4 is 35.0 Å². The molecule has 0 unspecified atom stereocenters. The number of rotatable bonds is 7. The normalized spacial score (nSPS) is 10.4. The number of hydrogen-bond acceptors (Lipinski definition) is 5. The fraction of sp³-hybridized carbons (Fsp3) is 0.111. The highest BCUT2D eigenvalue weighted by Gasteiger charge is 2.07. The van der Waals surface area contributed by atoms with Gasteiger partial charge in [-0.2, -0.15) is 5.10 Å². The molecule has 0 aliphatic rings. The van der Waals surface area contributed by atoms with Gasteiger partial charge in [-0.25, -0.2) is 14.1 Å². The number of hydrogen-bond donors (Lipinski definition) is 2. The zero-order chi connectivity index (χ0) is 19.1. The highest BCUT2D eigenvalue weighted by Crippen LogP contribution is 2.13. The van der Waals surface area contributed by atoms with Crippen LogP contribution in [0.15, 0.2) is 61.2 Å². The van der Waals surface area contributed by atoms with Crippen LogP contribution < -0.4 is 10.6 Å². The van der Waals surface area contributed by atoms with E-state index < -0.39 is 0 Å². The number of thioether (sulfide) groups is 1. The summed E-state index contributed by atoms with van der Waals surface area (Å²) in [4.78, 5) is 27.7. The number of anilines is 2. The predicted molar refractivity (Wildman–Crippen MR) is 102 cm³/mol. The topological polar surface area (TPSA) is 88.9 Å². The first-order valence-corrected chi connectivity index (χ1v) is 9.14. The van der Waals surface area contributed by atoms with Crippen LogP contribution in [0.4, 0.5) is 15.8 Å². The summed E-state index contributed by atoms with van der Waals surface area (Å²) in [5.41, 5.74) is 2.00. The van der Waals surface area contributed by atoms with E-state index in [-0.39, 0.29) is 29.1 Å². The molecule has 27 heavy (non-hydrogen) atoms. The number of nitrogens with zero attached hydrogens (tertiary/aromatic N) is 3. The maximum absolute atomic E-state index is 12.8. The molecule has 7 nitrogen and oxygen atoms in total. The third kappa shape index (κ3) is 5.65. The molecule has 0 aliphatic carbocycles. The molecule has 2 aromatic carbocycles. The zero-order valence-electron chi connectivity index (χ0n) is 14.1. The average molecular weight is 385 g/mol. The molecule has 2 amide bonds. The molecule has 0 radical (unpaired) electrons. The van der Waals surface area contributed by atoms with Gasteiger partial charge in [-0.3, -0.25) is 9.59 Å². The molecule has 0 saturated carbocycles. The summed E-state index contributed by atoms with van der Waals surface area (Å²) in [7, 11) is 0. The Hall–Kier alpha value is -3.20. The summed E-state index contributed by atoms with van der Waals surface area (Å²) in [6.45, 7) is 0. The minimum atomic E-state index is -0.367. The fourth-order valence-corrected chi connectivity index (χ4v) is 2.82. The minimum absolute atomic E-state index is 0.121. The van der Waals surface area contributed by atoms with E-state index in [4.69, 9.17) is 0 Å². The van der Waals surface area contributed by atoms with Crippen molar-refractivity contribution in [1.82, 2.24) is 14.8 Å². The molecule has 0 atom stereocenters. The number of carbonyl (C=O) groups excluding carboxylic acids is 2. The lowest BCUT2D eigenvalue weighted by Gasteiger charge is -2.07. The van der Waals surface area contributed by atoms with E-state index in [1.165, 1.54) is 42.4 Å². The number of amides is 2. The summed E-state index contributed by atoms with van der Waals surface area (Å²) in [6, 6.07) is 12.7. The first kappa shape index (κ1) is 18.6. The maximum Gasteiger partial charge on any atom is 0.234 e. The highest BCUT2D eigenvalue weighted by molar-refractivity contribution is 8.00. The van der Waals surface area contributed by atoms with Gasteiger partial charge in [0.05, 0.1) is 17.2 Å². The third-order valence-electron chi connectivity index (χ3n) is 3.43. The van der Waals surface area contributed by atoms with Crippen LogP contribution in [0.1, 0.15) is 0 Å². The van der Waals surface area contributed by atoms with Crippen molar-refractivity contribution in [2.75, 3.05) is 22.1 Å². The van der Waals surface area contributed by atoms with E-state index in [9.17, 15) is 14.0 Å². The van der Waals surface area contributed by atoms with Crippen molar-refractivity contribution in [3.8, 4) is 5.69 Å². The van der Waals surface area contributed by atoms with Crippen molar-refractivity contribution in [3.63, 3.8) is 0 Å². The van der Waals surface area contributed by atoms with Crippen LogP contribution in [0.2, 0.25) is 0 Å². The predicted octanol–water partition coefficient (Wildman–Crippen LogP) is 2.72. The highest BCUT2D eigenvalue weighted by atomic mass is 32.2. The molecule has 9 heteroatoms. The molecule has 0 bridgehead atoms. The monoisotopic (exact) mass is 385 g/mol. The Morgan fingerprint density at radius 2 is 1.48 bits per heavy atom. The Morgan fingerprint density at radius 3 is 2.00 bits per heavy atom. The third-order valence-corrected chi connectivity index (χ3v) is 4.36. The van der Waals surface area contributed by atoms with E-state index in [1.807, 2.05) is 12.1 Å². The first-order valence-electron chi connectivity index (χ1n) is 7.98. The van der Waals surface area contributed by atoms with Gasteiger partial charge in [-0.1, -0.05) is 0 Å². The SMILES string of the molecule is O=C(CSCC(=O)Nc1ccc(-n2cncn2)cc1)Nc1ccc(F)cc1. The van der Waals surface area contributed by atoms with E-state index in [1.54, 1.807) is 23.1 Å². The van der Waals surface area contributed by atoms with Gasteiger partial charge in [0.2, 0.25) is 11.8 Å². The van der Waals surface area contributed by atoms with Gasteiger partial charge in [0.25, 0.3) is 0 Å². The van der Waals surface area contributed by atoms with Crippen molar-refractivity contribution < 1.29 is 14.0 Å². The van der Waals surface area contributed by atoms with Gasteiger partial charge in [-0.05, 0) is 48.5 Å². The smallest absolute Gasteiger partial charge is 0.234 e. The molecule has 0 fully saturated rings. The van der Waals surface area contributed by atoms with E-state index in [0.717, 1.165) is 5.69 Å². The number of halogens is 1. The van der Waals surface area contributed by atoms with Gasteiger partial charge in [0, 0.05) is 11.4 Å². The maximum atomic E-state index is 12.8. The average Bonchev–Trinajstić information content (AvgIpc) is 3.19. The van der Waals surface area contributed by atoms with Crippen LogP contribution in [-0.2, 0) is 9.59 Å². The van der Waals surface area contributed by atoms with Crippen LogP contribution in [0, 0.1) is 5.82 Å². The van der Waals surface area contributed by atoms with Crippen molar-refractivity contribution in [3.05, 3.63) is 67.0 Å². The second-order valence-electron chi connectivity index (χ2n) is 5.48. The van der Waals surface area contributed by atoms with Crippen LogP contribution in [-0.4, -0.2) is 38.1 Å². The molecule has 1 aromatic heterocycles. The van der Waals surface area contributed by atoms with E-state index in [0.29, 0.717) is 11.4 Å². The first-order chi connectivity index (χ1) is 13.1. The Morgan fingerprint density at radius 1 is 0.926 bits per heavy atom. The Labute approximate surface area is 159 Å². The van der Waals surface area contributed by atoms with Crippen molar-refractivity contribution in [1.29, 1.82) is 0 Å². The molecule has 2 N–H and O–H groups in total. The standard InChI is InChI=1S/C18H16FN5O2S/c19-13-1-3-14(4-2-13)22-17(25)9-27-10-18(26)23-15-5-7-16(8-6-15)24-12-20-11-21-24/h1-8,11-12H,9-10H2,(H,22,25)(H,23,26). The van der Waals surface area contributed by atoms with E-state index >= 15 is 0 Å². The molecule has 0 spiro atoms. The lowest BCUT2D eigenvalue weighted by Crippen LogP contribution is -2.18. The van der Waals surface area contributed by atoms with Gasteiger partial charge in [0.1, 0.15) is 18.5 Å². The Kier molecular flexibility index (Phi) is 6.16. The number of nitrogens with one attached hydrogen (secondary N) is 2. The summed E-state index contributed by atoms with van der Waals surface area (Å²) < 4.78 is 14.4. The number of aromatic nitrogens is 3. The largest absolute Gasteiger partial charge is 0.325 e. The Balaban J connectivity index is 1.40. The molecule has 0 aliphatic heterocycles. The van der Waals surface area contributed by atoms with Gasteiger partial charge in [0.15, 0.2) is 0 Å². The van der Waals surface area contributed by atoms with Gasteiger partial charge < -0.3 is 10.6 Å². The quantitative estimate of drug-likeness (QED) is 0.653. The molecular weight excluding hydrogens is 369 g/mol. The summed E-state index contributed by atoms with van der Waals surface area (Å²) in [6.07, 6.45) is 3.03. The van der Waals surface area contributed by atoms with Gasteiger partial charge in [-0.15, -0.1) is 11.8 Å². The number of carbonyl (C=O) groups is 2. The molecule has 3 rings (SSSR count). The second kappa shape index (κ2) is 8.95. The van der Waals surface area contributed by atoms with Crippen molar-refractivity contribution in [2.24, 2.45) is 0 Å². The molecule has 0 saturated heterocycles. The molecule has 1 heterocycles. The van der Waals surface area contributed by atoms with Crippen molar-refractivity contribution in [2.45, 2.75) is 0 Å². The van der Waals surface area contributed by atoms with Crippen LogP contribution in [0.3, 0.4) is 0 Å². The molecule has 138 valence electrons. The second-order valence-corrected chi connectivity index (χ2v) is 6.47. The summed E-state index contributed by atoms with van der Waals surface area (Å²) in [5, 5.41) is 9.43. The fourth-order valence-electron chi connectivity index (χ4n) is 2.20. The molecule has 3 aromatic rings. The van der Waals surface area contributed by atoms with Crippen LogP contribution in [0.25, 0.3) is 5.69 Å². The number of benzene rings is 2. The lowest BCUT2D eigenvalue weighted by molar-refractivity contribution is -0.114. The van der Waals surface area contributed by atoms with Gasteiger partial charge >= 0.3 is 0 Å². The molecular formula is C18H16FN5O2S. The zero-order valence-corrected chi connectivity index (χ0v) is 14.9. The minimum Gasteiger partial charge on any atom is -0.325 e. The van der Waals surface area contributed by atoms with Crippen LogP contribution in [0.5, 0.6) is 0 Å². The summed E-state index contributed by atoms with van der Waals surface area (Å²) >= 11 is 1.19. The Bertz CT molecular complexity index is 899. The lowest BCUT2D eigenvalue weighted by atomic mass is 10.3. The van der Waals surface area contributed by atoms with Crippen LogP contribution >= 0.6 is 11.8 Å².